The minimum absolute atomic E-state index is 0.109. The van der Waals surface area contributed by atoms with Crippen LogP contribution in [0.3, 0.4) is 0 Å². The van der Waals surface area contributed by atoms with E-state index in [-0.39, 0.29) is 29.3 Å². The Bertz CT molecular complexity index is 605. The number of rotatable bonds is 3. The van der Waals surface area contributed by atoms with Gasteiger partial charge in [-0.15, -0.1) is 0 Å². The quantitative estimate of drug-likeness (QED) is 0.850. The predicted molar refractivity (Wildman–Crippen MR) is 84.7 cm³/mol. The average molecular weight is 318 g/mol. The smallest absolute Gasteiger partial charge is 0.252 e. The SMILES string of the molecule is NC(=O)c1ccc(C2CCN(C(=O)[C@H]3CCCO3)CC2)nc1N. The van der Waals surface area contributed by atoms with E-state index in [0.717, 1.165) is 31.4 Å². The molecule has 1 aromatic heterocycles. The summed E-state index contributed by atoms with van der Waals surface area (Å²) in [6, 6.07) is 3.43. The Labute approximate surface area is 135 Å². The third kappa shape index (κ3) is 3.29. The van der Waals surface area contributed by atoms with Gasteiger partial charge in [0.15, 0.2) is 0 Å². The lowest BCUT2D eigenvalue weighted by molar-refractivity contribution is -0.142. The van der Waals surface area contributed by atoms with E-state index in [4.69, 9.17) is 16.2 Å². The molecule has 0 radical (unpaired) electrons. The van der Waals surface area contributed by atoms with E-state index in [0.29, 0.717) is 19.7 Å². The lowest BCUT2D eigenvalue weighted by Crippen LogP contribution is -2.43. The molecular formula is C16H22N4O3. The maximum atomic E-state index is 12.3. The molecule has 1 atom stereocenters. The van der Waals surface area contributed by atoms with Gasteiger partial charge in [-0.2, -0.15) is 0 Å². The molecule has 0 saturated carbocycles. The summed E-state index contributed by atoms with van der Waals surface area (Å²) in [5, 5.41) is 0. The Kier molecular flexibility index (Phi) is 4.47. The van der Waals surface area contributed by atoms with E-state index >= 15 is 0 Å². The first-order chi connectivity index (χ1) is 11.1. The highest BCUT2D eigenvalue weighted by Crippen LogP contribution is 2.29. The third-order valence-electron chi connectivity index (χ3n) is 4.64. The molecule has 23 heavy (non-hydrogen) atoms. The molecular weight excluding hydrogens is 296 g/mol. The zero-order chi connectivity index (χ0) is 16.4. The molecule has 7 nitrogen and oxygen atoms in total. The molecule has 2 aliphatic rings. The maximum absolute atomic E-state index is 12.3. The van der Waals surface area contributed by atoms with E-state index in [9.17, 15) is 9.59 Å². The third-order valence-corrected chi connectivity index (χ3v) is 4.64. The van der Waals surface area contributed by atoms with Crippen molar-refractivity contribution in [1.82, 2.24) is 9.88 Å². The van der Waals surface area contributed by atoms with Crippen molar-refractivity contribution >= 4 is 17.6 Å². The van der Waals surface area contributed by atoms with Crippen molar-refractivity contribution in [3.63, 3.8) is 0 Å². The van der Waals surface area contributed by atoms with Crippen molar-refractivity contribution in [1.29, 1.82) is 0 Å². The van der Waals surface area contributed by atoms with E-state index in [1.54, 1.807) is 12.1 Å². The number of nitrogens with two attached hydrogens (primary N) is 2. The minimum atomic E-state index is -0.571. The van der Waals surface area contributed by atoms with Crippen LogP contribution in [0, 0.1) is 0 Å². The number of aromatic nitrogens is 1. The van der Waals surface area contributed by atoms with Gasteiger partial charge in [-0.25, -0.2) is 4.98 Å². The minimum Gasteiger partial charge on any atom is -0.383 e. The number of nitrogens with zero attached hydrogens (tertiary/aromatic N) is 2. The second-order valence-electron chi connectivity index (χ2n) is 6.13. The first-order valence-corrected chi connectivity index (χ1v) is 8.03. The summed E-state index contributed by atoms with van der Waals surface area (Å²) < 4.78 is 5.47. The van der Waals surface area contributed by atoms with Gasteiger partial charge in [-0.1, -0.05) is 0 Å². The predicted octanol–water partition coefficient (Wildman–Crippen LogP) is 0.648. The van der Waals surface area contributed by atoms with Crippen LogP contribution >= 0.6 is 0 Å². The number of pyridine rings is 1. The van der Waals surface area contributed by atoms with Gasteiger partial charge in [-0.05, 0) is 37.8 Å². The number of carbonyl (C=O) groups excluding carboxylic acids is 2. The van der Waals surface area contributed by atoms with Crippen LogP contribution in [-0.4, -0.2) is 47.5 Å². The molecule has 2 aliphatic heterocycles. The van der Waals surface area contributed by atoms with Gasteiger partial charge in [0.25, 0.3) is 11.8 Å². The Morgan fingerprint density at radius 2 is 1.96 bits per heavy atom. The number of primary amides is 1. The average Bonchev–Trinajstić information content (AvgIpc) is 3.08. The van der Waals surface area contributed by atoms with Crippen molar-refractivity contribution in [3.05, 3.63) is 23.4 Å². The lowest BCUT2D eigenvalue weighted by Gasteiger charge is -2.33. The molecule has 7 heteroatoms. The number of likely N-dealkylation sites (tertiary alicyclic amines) is 1. The van der Waals surface area contributed by atoms with Crippen molar-refractivity contribution in [3.8, 4) is 0 Å². The number of hydrogen-bond donors (Lipinski definition) is 2. The zero-order valence-electron chi connectivity index (χ0n) is 13.0. The molecule has 0 spiro atoms. The fraction of sp³-hybridized carbons (Fsp3) is 0.562. The molecule has 4 N–H and O–H groups in total. The van der Waals surface area contributed by atoms with Crippen molar-refractivity contribution in [2.45, 2.75) is 37.7 Å². The Morgan fingerprint density at radius 3 is 2.52 bits per heavy atom. The molecule has 3 rings (SSSR count). The van der Waals surface area contributed by atoms with Crippen molar-refractivity contribution in [2.24, 2.45) is 5.73 Å². The Balaban J connectivity index is 1.61. The summed E-state index contributed by atoms with van der Waals surface area (Å²) in [6.45, 7) is 2.08. The Morgan fingerprint density at radius 1 is 1.22 bits per heavy atom. The summed E-state index contributed by atoms with van der Waals surface area (Å²) >= 11 is 0. The van der Waals surface area contributed by atoms with Crippen molar-refractivity contribution < 1.29 is 14.3 Å². The topological polar surface area (TPSA) is 112 Å². The molecule has 0 aromatic carbocycles. The van der Waals surface area contributed by atoms with E-state index < -0.39 is 5.91 Å². The summed E-state index contributed by atoms with van der Waals surface area (Å²) in [5.41, 5.74) is 12.1. The van der Waals surface area contributed by atoms with Crippen LogP contribution in [0.1, 0.15) is 47.7 Å². The molecule has 2 amide bonds. The highest BCUT2D eigenvalue weighted by atomic mass is 16.5. The van der Waals surface area contributed by atoms with E-state index in [1.807, 2.05) is 4.90 Å². The second kappa shape index (κ2) is 6.54. The molecule has 3 heterocycles. The number of nitrogen functional groups attached to an aromatic ring is 1. The molecule has 2 fully saturated rings. The number of anilines is 1. The maximum Gasteiger partial charge on any atom is 0.252 e. The van der Waals surface area contributed by atoms with Crippen LogP contribution in [0.5, 0.6) is 0 Å². The molecule has 124 valence electrons. The molecule has 0 bridgehead atoms. The van der Waals surface area contributed by atoms with Crippen LogP contribution in [0.25, 0.3) is 0 Å². The number of piperidine rings is 1. The number of carbonyl (C=O) groups is 2. The molecule has 1 aromatic rings. The largest absolute Gasteiger partial charge is 0.383 e. The van der Waals surface area contributed by atoms with Gasteiger partial charge in [0, 0.05) is 31.3 Å². The van der Waals surface area contributed by atoms with Gasteiger partial charge < -0.3 is 21.1 Å². The van der Waals surface area contributed by atoms with Crippen LogP contribution in [-0.2, 0) is 9.53 Å². The van der Waals surface area contributed by atoms with Gasteiger partial charge in [0.1, 0.15) is 11.9 Å². The van der Waals surface area contributed by atoms with Crippen LogP contribution in [0.4, 0.5) is 5.82 Å². The number of amides is 2. The highest BCUT2D eigenvalue weighted by molar-refractivity contribution is 5.97. The summed E-state index contributed by atoms with van der Waals surface area (Å²) in [6.07, 6.45) is 3.20. The standard InChI is InChI=1S/C16H22N4O3/c17-14-11(15(18)21)3-4-12(19-14)10-5-7-20(8-6-10)16(22)13-2-1-9-23-13/h3-4,10,13H,1-2,5-9H2,(H2,17,19)(H2,18,21)/t13-/m1/s1. The van der Waals surface area contributed by atoms with Gasteiger partial charge >= 0.3 is 0 Å². The molecule has 2 saturated heterocycles. The van der Waals surface area contributed by atoms with Gasteiger partial charge in [0.05, 0.1) is 5.56 Å². The van der Waals surface area contributed by atoms with Crippen LogP contribution < -0.4 is 11.5 Å². The summed E-state index contributed by atoms with van der Waals surface area (Å²) in [7, 11) is 0. The first kappa shape index (κ1) is 15.7. The number of hydrogen-bond acceptors (Lipinski definition) is 5. The molecule has 0 unspecified atom stereocenters. The second-order valence-corrected chi connectivity index (χ2v) is 6.13. The zero-order valence-corrected chi connectivity index (χ0v) is 13.0. The molecule has 0 aliphatic carbocycles. The van der Waals surface area contributed by atoms with E-state index in [1.165, 1.54) is 0 Å². The lowest BCUT2D eigenvalue weighted by atomic mass is 9.92. The summed E-state index contributed by atoms with van der Waals surface area (Å²) in [4.78, 5) is 29.7. The van der Waals surface area contributed by atoms with E-state index in [2.05, 4.69) is 4.98 Å². The summed E-state index contributed by atoms with van der Waals surface area (Å²) in [5.74, 6) is -0.0448. The van der Waals surface area contributed by atoms with Crippen LogP contribution in [0.15, 0.2) is 12.1 Å². The van der Waals surface area contributed by atoms with Gasteiger partial charge in [0.2, 0.25) is 0 Å². The van der Waals surface area contributed by atoms with Crippen molar-refractivity contribution in [2.75, 3.05) is 25.4 Å². The Hall–Kier alpha value is -2.15. The fourth-order valence-corrected chi connectivity index (χ4v) is 3.30. The highest BCUT2D eigenvalue weighted by Gasteiger charge is 2.31. The monoisotopic (exact) mass is 318 g/mol. The normalized spacial score (nSPS) is 22.3. The fourth-order valence-electron chi connectivity index (χ4n) is 3.30. The first-order valence-electron chi connectivity index (χ1n) is 8.03. The van der Waals surface area contributed by atoms with Gasteiger partial charge in [-0.3, -0.25) is 9.59 Å². The number of ether oxygens (including phenoxy) is 1. The van der Waals surface area contributed by atoms with Crippen LogP contribution in [0.2, 0.25) is 0 Å².